The van der Waals surface area contributed by atoms with Gasteiger partial charge < -0.3 is 15.0 Å². The Bertz CT molecular complexity index is 685. The molecule has 2 rings (SSSR count). The lowest BCUT2D eigenvalue weighted by atomic mass is 10.1. The van der Waals surface area contributed by atoms with Gasteiger partial charge in [0.15, 0.2) is 0 Å². The summed E-state index contributed by atoms with van der Waals surface area (Å²) in [6.07, 6.45) is -4.61. The van der Waals surface area contributed by atoms with E-state index in [-0.39, 0.29) is 11.4 Å². The zero-order chi connectivity index (χ0) is 17.0. The molecule has 0 saturated heterocycles. The molecule has 2 aromatic carbocycles. The number of rotatable bonds is 3. The minimum absolute atomic E-state index is 0.0384. The molecule has 0 radical (unpaired) electrons. The Morgan fingerprint density at radius 3 is 2.30 bits per heavy atom. The summed E-state index contributed by atoms with van der Waals surface area (Å²) in [5.41, 5.74) is -0.922. The molecule has 1 N–H and O–H groups in total. The Morgan fingerprint density at radius 2 is 1.74 bits per heavy atom. The van der Waals surface area contributed by atoms with Crippen LogP contribution in [0.4, 0.5) is 23.7 Å². The number of urea groups is 1. The van der Waals surface area contributed by atoms with E-state index in [2.05, 4.69) is 5.32 Å². The van der Waals surface area contributed by atoms with Crippen LogP contribution in [0.1, 0.15) is 5.56 Å². The number of hydrogen-bond acceptors (Lipinski definition) is 2. The molecule has 122 valence electrons. The van der Waals surface area contributed by atoms with E-state index in [1.807, 2.05) is 0 Å². The van der Waals surface area contributed by atoms with Gasteiger partial charge in [-0.05, 0) is 30.3 Å². The predicted octanol–water partition coefficient (Wildman–Crippen LogP) is 4.59. The van der Waals surface area contributed by atoms with Crippen LogP contribution in [0.25, 0.3) is 0 Å². The smallest absolute Gasteiger partial charge is 0.420 e. The van der Waals surface area contributed by atoms with Gasteiger partial charge in [-0.15, -0.1) is 0 Å². The Kier molecular flexibility index (Phi) is 4.78. The van der Waals surface area contributed by atoms with Crippen LogP contribution in [0, 0.1) is 0 Å². The Hall–Kier alpha value is -2.70. The fourth-order valence-electron chi connectivity index (χ4n) is 1.77. The lowest BCUT2D eigenvalue weighted by molar-refractivity contribution is -0.138. The van der Waals surface area contributed by atoms with Gasteiger partial charge in [0.2, 0.25) is 0 Å². The van der Waals surface area contributed by atoms with Crippen LogP contribution >= 0.6 is 0 Å². The van der Waals surface area contributed by atoms with Gasteiger partial charge in [-0.3, -0.25) is 0 Å². The number of nitrogens with zero attached hydrogens (tertiary/aromatic N) is 1. The summed E-state index contributed by atoms with van der Waals surface area (Å²) in [6, 6.07) is 11.0. The highest BCUT2D eigenvalue weighted by atomic mass is 19.4. The highest BCUT2D eigenvalue weighted by Gasteiger charge is 2.35. The van der Waals surface area contributed by atoms with Gasteiger partial charge in [0.1, 0.15) is 17.1 Å². The van der Waals surface area contributed by atoms with Crippen molar-refractivity contribution in [2.45, 2.75) is 6.18 Å². The first-order chi connectivity index (χ1) is 10.8. The highest BCUT2D eigenvalue weighted by Crippen LogP contribution is 2.39. The molecule has 0 aliphatic carbocycles. The van der Waals surface area contributed by atoms with E-state index in [1.165, 1.54) is 31.1 Å². The zero-order valence-electron chi connectivity index (χ0n) is 12.5. The normalized spacial score (nSPS) is 11.0. The molecule has 0 heterocycles. The van der Waals surface area contributed by atoms with Crippen molar-refractivity contribution in [3.8, 4) is 11.5 Å². The average Bonchev–Trinajstić information content (AvgIpc) is 2.48. The summed E-state index contributed by atoms with van der Waals surface area (Å²) in [7, 11) is 2.99. The first-order valence-electron chi connectivity index (χ1n) is 6.70. The second-order valence-corrected chi connectivity index (χ2v) is 4.95. The average molecular weight is 324 g/mol. The molecular formula is C16H15F3N2O2. The number of benzene rings is 2. The maximum atomic E-state index is 13.2. The molecular weight excluding hydrogens is 309 g/mol. The largest absolute Gasteiger partial charge is 0.457 e. The lowest BCUT2D eigenvalue weighted by Gasteiger charge is -2.17. The van der Waals surface area contributed by atoms with Crippen molar-refractivity contribution >= 4 is 11.7 Å². The number of nitrogens with one attached hydrogen (secondary N) is 1. The van der Waals surface area contributed by atoms with Crippen molar-refractivity contribution < 1.29 is 22.7 Å². The first kappa shape index (κ1) is 16.7. The Balaban J connectivity index is 2.34. The van der Waals surface area contributed by atoms with Gasteiger partial charge in [-0.2, -0.15) is 13.2 Å². The third-order valence-corrected chi connectivity index (χ3v) is 2.91. The molecule has 2 amide bonds. The maximum absolute atomic E-state index is 13.2. The molecule has 0 aromatic heterocycles. The van der Waals surface area contributed by atoms with Crippen molar-refractivity contribution in [2.75, 3.05) is 19.4 Å². The Morgan fingerprint density at radius 1 is 1.09 bits per heavy atom. The third kappa shape index (κ3) is 4.38. The van der Waals surface area contributed by atoms with Gasteiger partial charge in [0, 0.05) is 19.8 Å². The second-order valence-electron chi connectivity index (χ2n) is 4.95. The van der Waals surface area contributed by atoms with Crippen LogP contribution in [-0.4, -0.2) is 25.0 Å². The van der Waals surface area contributed by atoms with E-state index in [1.54, 1.807) is 30.3 Å². The van der Waals surface area contributed by atoms with Crippen molar-refractivity contribution in [3.63, 3.8) is 0 Å². The summed E-state index contributed by atoms with van der Waals surface area (Å²) >= 11 is 0. The van der Waals surface area contributed by atoms with E-state index in [0.29, 0.717) is 5.75 Å². The summed E-state index contributed by atoms with van der Waals surface area (Å²) < 4.78 is 45.0. The van der Waals surface area contributed by atoms with E-state index >= 15 is 0 Å². The zero-order valence-corrected chi connectivity index (χ0v) is 12.5. The van der Waals surface area contributed by atoms with Crippen LogP contribution in [0.3, 0.4) is 0 Å². The van der Waals surface area contributed by atoms with Crippen LogP contribution in [0.15, 0.2) is 48.5 Å². The number of hydrogen-bond donors (Lipinski definition) is 1. The van der Waals surface area contributed by atoms with Crippen molar-refractivity contribution in [1.82, 2.24) is 4.90 Å². The number of para-hydroxylation sites is 1. The minimum atomic E-state index is -4.61. The molecule has 23 heavy (non-hydrogen) atoms. The molecule has 0 saturated carbocycles. The predicted molar refractivity (Wildman–Crippen MR) is 80.7 cm³/mol. The van der Waals surface area contributed by atoms with Crippen LogP contribution in [0.5, 0.6) is 11.5 Å². The Labute approximate surface area is 131 Å². The van der Waals surface area contributed by atoms with Gasteiger partial charge >= 0.3 is 12.2 Å². The van der Waals surface area contributed by atoms with Crippen molar-refractivity contribution in [2.24, 2.45) is 0 Å². The monoisotopic (exact) mass is 324 g/mol. The number of halogens is 3. The van der Waals surface area contributed by atoms with Crippen LogP contribution in [-0.2, 0) is 6.18 Å². The van der Waals surface area contributed by atoms with E-state index < -0.39 is 17.8 Å². The molecule has 0 atom stereocenters. The molecule has 0 aliphatic heterocycles. The quantitative estimate of drug-likeness (QED) is 0.897. The number of amides is 2. The summed E-state index contributed by atoms with van der Waals surface area (Å²) in [6.45, 7) is 0. The number of carbonyl (C=O) groups is 1. The van der Waals surface area contributed by atoms with Crippen molar-refractivity contribution in [3.05, 3.63) is 54.1 Å². The maximum Gasteiger partial charge on any atom is 0.420 e. The topological polar surface area (TPSA) is 41.6 Å². The molecule has 2 aromatic rings. The van der Waals surface area contributed by atoms with Gasteiger partial charge in [-0.25, -0.2) is 4.79 Å². The van der Waals surface area contributed by atoms with Crippen molar-refractivity contribution in [1.29, 1.82) is 0 Å². The van der Waals surface area contributed by atoms with E-state index in [9.17, 15) is 18.0 Å². The number of alkyl halides is 3. The SMILES string of the molecule is CN(C)C(=O)Nc1ccc(Oc2ccccc2)c(C(F)(F)F)c1. The van der Waals surface area contributed by atoms with E-state index in [0.717, 1.165) is 6.07 Å². The number of carbonyl (C=O) groups excluding carboxylic acids is 1. The van der Waals surface area contributed by atoms with Gasteiger partial charge in [-0.1, -0.05) is 18.2 Å². The lowest BCUT2D eigenvalue weighted by Crippen LogP contribution is -2.27. The first-order valence-corrected chi connectivity index (χ1v) is 6.70. The van der Waals surface area contributed by atoms with Gasteiger partial charge in [0.25, 0.3) is 0 Å². The highest BCUT2D eigenvalue weighted by molar-refractivity contribution is 5.89. The number of ether oxygens (including phenoxy) is 1. The molecule has 0 unspecified atom stereocenters. The molecule has 7 heteroatoms. The van der Waals surface area contributed by atoms with Crippen LogP contribution in [0.2, 0.25) is 0 Å². The standard InChI is InChI=1S/C16H15F3N2O2/c1-21(2)15(22)20-11-8-9-14(13(10-11)16(17,18)19)23-12-6-4-3-5-7-12/h3-10H,1-2H3,(H,20,22). The summed E-state index contributed by atoms with van der Waals surface area (Å²) in [5, 5.41) is 2.38. The number of anilines is 1. The minimum Gasteiger partial charge on any atom is -0.457 e. The second kappa shape index (κ2) is 6.60. The molecule has 0 fully saturated rings. The molecule has 4 nitrogen and oxygen atoms in total. The summed E-state index contributed by atoms with van der Waals surface area (Å²) in [5.74, 6) is -0.0328. The third-order valence-electron chi connectivity index (χ3n) is 2.91. The summed E-state index contributed by atoms with van der Waals surface area (Å²) in [4.78, 5) is 12.8. The molecule has 0 spiro atoms. The van der Waals surface area contributed by atoms with Gasteiger partial charge in [0.05, 0.1) is 0 Å². The fourth-order valence-corrected chi connectivity index (χ4v) is 1.77. The molecule has 0 aliphatic rings. The van der Waals surface area contributed by atoms with E-state index in [4.69, 9.17) is 4.74 Å². The fraction of sp³-hybridized carbons (Fsp3) is 0.188. The van der Waals surface area contributed by atoms with Crippen LogP contribution < -0.4 is 10.1 Å². The molecule has 0 bridgehead atoms.